The Kier molecular flexibility index (Phi) is 8.68. The van der Waals surface area contributed by atoms with Crippen LogP contribution in [0.1, 0.15) is 11.5 Å². The summed E-state index contributed by atoms with van der Waals surface area (Å²) in [6, 6.07) is 13.6. The van der Waals surface area contributed by atoms with Gasteiger partial charge in [0.05, 0.1) is 17.1 Å². The normalized spacial score (nSPS) is 27.2. The number of nitro groups is 1. The highest BCUT2D eigenvalue weighted by Crippen LogP contribution is 2.44. The number of benzene rings is 2. The molecule has 0 spiro atoms. The van der Waals surface area contributed by atoms with Crippen LogP contribution in [-0.4, -0.2) is 106 Å². The zero-order valence-electron chi connectivity index (χ0n) is 21.4. The fourth-order valence-corrected chi connectivity index (χ4v) is 7.46. The van der Waals surface area contributed by atoms with Crippen molar-refractivity contribution in [3.8, 4) is 0 Å². The number of para-hydroxylation sites is 1. The molecule has 12 heteroatoms. The Labute approximate surface area is 226 Å². The number of nitrogens with zero attached hydrogens (tertiary/aromatic N) is 4. The van der Waals surface area contributed by atoms with Crippen molar-refractivity contribution in [3.05, 3.63) is 68.7 Å². The average molecular weight is 598 g/mol. The van der Waals surface area contributed by atoms with Gasteiger partial charge in [0.2, 0.25) is 10.0 Å². The summed E-state index contributed by atoms with van der Waals surface area (Å²) in [6.45, 7) is 1.57. The molecular weight excluding hydrogens is 564 g/mol. The van der Waals surface area contributed by atoms with Crippen molar-refractivity contribution in [1.82, 2.24) is 14.1 Å². The van der Waals surface area contributed by atoms with E-state index in [9.17, 15) is 18.5 Å². The molecule has 0 N–H and O–H groups in total. The first-order chi connectivity index (χ1) is 17.6. The summed E-state index contributed by atoms with van der Waals surface area (Å²) in [5.74, 6) is 0.0653. The van der Waals surface area contributed by atoms with E-state index >= 15 is 0 Å². The van der Waals surface area contributed by atoms with Gasteiger partial charge in [-0.05, 0) is 37.9 Å². The number of likely N-dealkylation sites (N-methyl/N-ethyl adjacent to an activating group) is 1. The molecule has 0 saturated carbocycles. The van der Waals surface area contributed by atoms with E-state index in [-0.39, 0.29) is 42.1 Å². The van der Waals surface area contributed by atoms with Crippen LogP contribution >= 0.6 is 15.9 Å². The van der Waals surface area contributed by atoms with Crippen molar-refractivity contribution in [2.45, 2.75) is 35.1 Å². The molecule has 0 amide bonds. The van der Waals surface area contributed by atoms with Crippen LogP contribution in [0.3, 0.4) is 0 Å². The van der Waals surface area contributed by atoms with Gasteiger partial charge in [0.1, 0.15) is 0 Å². The standard InChI is InChI=1S/C25H33BrN4O6S/c1-27(2)13-20-25(17-9-11-18(26)12-10-17)21-14-28(15-22(35-3)23(36-4)16-29(20)21)37(33,34)24-8-6-5-7-19(24)30(31)32/h5-12,20-23,25H,13-16H2,1-4H3/t20-,21+,22-,23+,25+/m1/s1. The van der Waals surface area contributed by atoms with Gasteiger partial charge in [-0.25, -0.2) is 8.42 Å². The predicted octanol–water partition coefficient (Wildman–Crippen LogP) is 2.79. The Bertz CT molecular complexity index is 1210. The largest absolute Gasteiger partial charge is 0.377 e. The SMILES string of the molecule is CO[C@H]1CN2[C@H](CN(C)C)[C@H](c3ccc(Br)cc3)[C@@H]2CN(S(=O)(=O)c2ccccc2[N+](=O)[O-])C[C@H]1OC. The Morgan fingerprint density at radius 2 is 1.65 bits per heavy atom. The van der Waals surface area contributed by atoms with Gasteiger partial charge >= 0.3 is 0 Å². The molecular formula is C25H33BrN4O6S. The van der Waals surface area contributed by atoms with Crippen LogP contribution in [0.4, 0.5) is 5.69 Å². The highest BCUT2D eigenvalue weighted by atomic mass is 79.9. The molecule has 202 valence electrons. The van der Waals surface area contributed by atoms with Crippen molar-refractivity contribution >= 4 is 31.6 Å². The van der Waals surface area contributed by atoms with Gasteiger partial charge in [0.15, 0.2) is 4.90 Å². The zero-order valence-corrected chi connectivity index (χ0v) is 23.8. The summed E-state index contributed by atoms with van der Waals surface area (Å²) in [5, 5.41) is 11.7. The van der Waals surface area contributed by atoms with Crippen molar-refractivity contribution in [2.24, 2.45) is 0 Å². The molecule has 0 bridgehead atoms. The summed E-state index contributed by atoms with van der Waals surface area (Å²) < 4.78 is 41.7. The zero-order chi connectivity index (χ0) is 26.9. The maximum absolute atomic E-state index is 13.9. The maximum atomic E-state index is 13.9. The first-order valence-corrected chi connectivity index (χ1v) is 14.3. The van der Waals surface area contributed by atoms with E-state index in [1.165, 1.54) is 35.7 Å². The number of ether oxygens (including phenoxy) is 2. The van der Waals surface area contributed by atoms with Gasteiger partial charge in [-0.15, -0.1) is 0 Å². The summed E-state index contributed by atoms with van der Waals surface area (Å²) in [5.41, 5.74) is 0.680. The molecule has 10 nitrogen and oxygen atoms in total. The van der Waals surface area contributed by atoms with Crippen LogP contribution in [0.15, 0.2) is 57.9 Å². The van der Waals surface area contributed by atoms with E-state index in [0.717, 1.165) is 16.6 Å². The van der Waals surface area contributed by atoms with E-state index in [4.69, 9.17) is 9.47 Å². The Hall–Kier alpha value is -1.93. The van der Waals surface area contributed by atoms with Crippen molar-refractivity contribution in [1.29, 1.82) is 0 Å². The van der Waals surface area contributed by atoms with Crippen LogP contribution in [0, 0.1) is 10.1 Å². The number of sulfonamides is 1. The van der Waals surface area contributed by atoms with E-state index in [1.54, 1.807) is 7.11 Å². The second-order valence-corrected chi connectivity index (χ2v) is 12.6. The second kappa shape index (κ2) is 11.4. The molecule has 0 radical (unpaired) electrons. The van der Waals surface area contributed by atoms with Gasteiger partial charge < -0.3 is 14.4 Å². The number of nitro benzene ring substituents is 1. The van der Waals surface area contributed by atoms with Crippen molar-refractivity contribution in [2.75, 3.05) is 54.5 Å². The fourth-order valence-electron chi connectivity index (χ4n) is 5.57. The Balaban J connectivity index is 1.79. The second-order valence-electron chi connectivity index (χ2n) is 9.77. The van der Waals surface area contributed by atoms with Crippen LogP contribution in [0.5, 0.6) is 0 Å². The molecule has 2 saturated heterocycles. The fraction of sp³-hybridized carbons (Fsp3) is 0.520. The van der Waals surface area contributed by atoms with E-state index in [2.05, 4.69) is 37.9 Å². The smallest absolute Gasteiger partial charge is 0.289 e. The van der Waals surface area contributed by atoms with Crippen molar-refractivity contribution < 1.29 is 22.8 Å². The molecule has 2 aliphatic heterocycles. The van der Waals surface area contributed by atoms with Crippen LogP contribution in [0.25, 0.3) is 0 Å². The summed E-state index contributed by atoms with van der Waals surface area (Å²) in [6.07, 6.45) is -0.929. The van der Waals surface area contributed by atoms with Crippen molar-refractivity contribution in [3.63, 3.8) is 0 Å². The highest BCUT2D eigenvalue weighted by molar-refractivity contribution is 9.10. The first kappa shape index (κ1) is 28.1. The topological polar surface area (TPSA) is 105 Å². The van der Waals surface area contributed by atoms with Crippen LogP contribution in [0.2, 0.25) is 0 Å². The number of fused-ring (bicyclic) bond motifs is 1. The molecule has 2 heterocycles. The molecule has 5 atom stereocenters. The lowest BCUT2D eigenvalue weighted by molar-refractivity contribution is -0.387. The molecule has 2 aromatic carbocycles. The summed E-state index contributed by atoms with van der Waals surface area (Å²) in [4.78, 5) is 15.1. The molecule has 2 fully saturated rings. The van der Waals surface area contributed by atoms with Crippen LogP contribution < -0.4 is 0 Å². The van der Waals surface area contributed by atoms with E-state index in [1.807, 2.05) is 26.2 Å². The number of hydrogen-bond acceptors (Lipinski definition) is 8. The third-order valence-electron chi connectivity index (χ3n) is 7.35. The number of halogens is 1. The summed E-state index contributed by atoms with van der Waals surface area (Å²) in [7, 11) is 2.96. The highest BCUT2D eigenvalue weighted by Gasteiger charge is 2.53. The molecule has 0 aromatic heterocycles. The Morgan fingerprint density at radius 1 is 1.03 bits per heavy atom. The van der Waals surface area contributed by atoms with Gasteiger partial charge in [0.25, 0.3) is 5.69 Å². The first-order valence-electron chi connectivity index (χ1n) is 12.0. The van der Waals surface area contributed by atoms with Gasteiger partial charge in [-0.1, -0.05) is 40.2 Å². The minimum absolute atomic E-state index is 0.0269. The maximum Gasteiger partial charge on any atom is 0.289 e. The van der Waals surface area contributed by atoms with Gasteiger partial charge in [0, 0.05) is 68.9 Å². The van der Waals surface area contributed by atoms with Crippen LogP contribution in [-0.2, 0) is 19.5 Å². The summed E-state index contributed by atoms with van der Waals surface area (Å²) >= 11 is 3.50. The lowest BCUT2D eigenvalue weighted by Crippen LogP contribution is -2.71. The van der Waals surface area contributed by atoms with Gasteiger partial charge in [-0.3, -0.25) is 15.0 Å². The predicted molar refractivity (Wildman–Crippen MR) is 143 cm³/mol. The third kappa shape index (κ3) is 5.60. The molecule has 2 aromatic rings. The average Bonchev–Trinajstić information content (AvgIpc) is 2.85. The monoisotopic (exact) mass is 596 g/mol. The molecule has 0 aliphatic carbocycles. The minimum Gasteiger partial charge on any atom is -0.377 e. The van der Waals surface area contributed by atoms with Gasteiger partial charge in [-0.2, -0.15) is 4.31 Å². The third-order valence-corrected chi connectivity index (χ3v) is 9.76. The van der Waals surface area contributed by atoms with E-state index in [0.29, 0.717) is 6.54 Å². The molecule has 37 heavy (non-hydrogen) atoms. The quantitative estimate of drug-likeness (QED) is 0.338. The molecule has 2 aliphatic rings. The lowest BCUT2D eigenvalue weighted by Gasteiger charge is -2.59. The van der Waals surface area contributed by atoms with E-state index < -0.39 is 26.7 Å². The molecule has 0 unspecified atom stereocenters. The number of methoxy groups -OCH3 is 2. The number of rotatable bonds is 8. The number of hydrogen-bond donors (Lipinski definition) is 0. The minimum atomic E-state index is -4.22. The lowest BCUT2D eigenvalue weighted by atomic mass is 9.73. The molecule has 4 rings (SSSR count). The Morgan fingerprint density at radius 3 is 2.24 bits per heavy atom.